The third-order valence-electron chi connectivity index (χ3n) is 1.97. The van der Waals surface area contributed by atoms with E-state index in [1.165, 1.54) is 11.1 Å². The van der Waals surface area contributed by atoms with Crippen molar-refractivity contribution in [2.24, 2.45) is 0 Å². The summed E-state index contributed by atoms with van der Waals surface area (Å²) in [5.41, 5.74) is 2.53. The Labute approximate surface area is 93.8 Å². The second-order valence-electron chi connectivity index (χ2n) is 3.31. The van der Waals surface area contributed by atoms with E-state index in [0.29, 0.717) is 0 Å². The molecule has 1 heteroatoms. The first-order valence-electron chi connectivity index (χ1n) is 5.49. The third-order valence-corrected chi connectivity index (χ3v) is 1.97. The fraction of sp³-hybridized carbons (Fsp3) is 0.429. The van der Waals surface area contributed by atoms with Gasteiger partial charge in [-0.3, -0.25) is 0 Å². The monoisotopic (exact) mass is 206 g/mol. The van der Waals surface area contributed by atoms with Gasteiger partial charge in [0, 0.05) is 0 Å². The lowest BCUT2D eigenvalue weighted by molar-refractivity contribution is 0.414. The largest absolute Gasteiger partial charge is 0.497 e. The van der Waals surface area contributed by atoms with Gasteiger partial charge in [-0.25, -0.2) is 0 Å². The summed E-state index contributed by atoms with van der Waals surface area (Å²) in [5, 5.41) is 0. The van der Waals surface area contributed by atoms with Crippen molar-refractivity contribution in [1.29, 1.82) is 0 Å². The van der Waals surface area contributed by atoms with Crippen molar-refractivity contribution >= 4 is 0 Å². The van der Waals surface area contributed by atoms with Gasteiger partial charge in [-0.05, 0) is 37.5 Å². The highest BCUT2D eigenvalue weighted by Crippen LogP contribution is 2.14. The van der Waals surface area contributed by atoms with Crippen molar-refractivity contribution in [1.82, 2.24) is 0 Å². The normalized spacial score (nSPS) is 8.80. The van der Waals surface area contributed by atoms with E-state index in [1.807, 2.05) is 26.0 Å². The molecule has 0 amide bonds. The molecule has 0 bridgehead atoms. The van der Waals surface area contributed by atoms with Crippen molar-refractivity contribution in [3.63, 3.8) is 0 Å². The summed E-state index contributed by atoms with van der Waals surface area (Å²) in [5.74, 6) is 0.930. The molecule has 0 saturated carbocycles. The van der Waals surface area contributed by atoms with Crippen LogP contribution in [0.5, 0.6) is 5.75 Å². The second kappa shape index (κ2) is 8.10. The van der Waals surface area contributed by atoms with E-state index in [1.54, 1.807) is 7.11 Å². The lowest BCUT2D eigenvalue weighted by atomic mass is 10.1. The predicted octanol–water partition coefficient (Wildman–Crippen LogP) is 4.23. The molecule has 1 aromatic rings. The lowest BCUT2D eigenvalue weighted by Gasteiger charge is -2.03. The number of hydrogen-bond acceptors (Lipinski definition) is 1. The van der Waals surface area contributed by atoms with Crippen molar-refractivity contribution < 1.29 is 4.74 Å². The maximum Gasteiger partial charge on any atom is 0.119 e. The van der Waals surface area contributed by atoms with E-state index >= 15 is 0 Å². The molecule has 1 rings (SSSR count). The Hall–Kier alpha value is -1.24. The van der Waals surface area contributed by atoms with Crippen molar-refractivity contribution in [3.8, 4) is 5.75 Å². The molecule has 0 atom stereocenters. The number of ether oxygens (including phenoxy) is 1. The summed E-state index contributed by atoms with van der Waals surface area (Å²) in [6.45, 7) is 9.94. The maximum absolute atomic E-state index is 5.14. The van der Waals surface area contributed by atoms with Gasteiger partial charge in [0.15, 0.2) is 0 Å². The van der Waals surface area contributed by atoms with Crippen LogP contribution in [-0.2, 0) is 6.42 Å². The van der Waals surface area contributed by atoms with Crippen molar-refractivity contribution in [2.45, 2.75) is 33.6 Å². The van der Waals surface area contributed by atoms with Crippen LogP contribution in [0.25, 0.3) is 0 Å². The van der Waals surface area contributed by atoms with E-state index in [0.717, 1.165) is 18.6 Å². The van der Waals surface area contributed by atoms with Crippen LogP contribution in [0.1, 0.15) is 32.8 Å². The topological polar surface area (TPSA) is 9.23 Å². The minimum Gasteiger partial charge on any atom is -0.497 e. The molecule has 0 aromatic heterocycles. The number of allylic oxidation sites excluding steroid dienone is 1. The van der Waals surface area contributed by atoms with Crippen molar-refractivity contribution in [2.75, 3.05) is 7.11 Å². The molecule has 0 aliphatic carbocycles. The highest BCUT2D eigenvalue weighted by Gasteiger charge is 1.95. The summed E-state index contributed by atoms with van der Waals surface area (Å²) in [4.78, 5) is 0. The molecular formula is C14H22O. The second-order valence-corrected chi connectivity index (χ2v) is 3.31. The molecule has 84 valence electrons. The Balaban J connectivity index is 0.000000921. The van der Waals surface area contributed by atoms with Gasteiger partial charge in [-0.1, -0.05) is 31.6 Å². The quantitative estimate of drug-likeness (QED) is 0.670. The minimum atomic E-state index is 0.930. The minimum absolute atomic E-state index is 0.930. The molecule has 0 aliphatic heterocycles. The molecule has 0 radical (unpaired) electrons. The van der Waals surface area contributed by atoms with Gasteiger partial charge in [-0.15, -0.1) is 6.58 Å². The van der Waals surface area contributed by atoms with Crippen LogP contribution < -0.4 is 4.74 Å². The molecule has 0 fully saturated rings. The van der Waals surface area contributed by atoms with Crippen LogP contribution in [0.4, 0.5) is 0 Å². The number of benzene rings is 1. The van der Waals surface area contributed by atoms with Gasteiger partial charge in [0.25, 0.3) is 0 Å². The number of methoxy groups -OCH3 is 1. The van der Waals surface area contributed by atoms with Crippen LogP contribution in [0, 0.1) is 0 Å². The number of rotatable bonds is 4. The van der Waals surface area contributed by atoms with E-state index in [9.17, 15) is 0 Å². The van der Waals surface area contributed by atoms with Gasteiger partial charge in [0.2, 0.25) is 0 Å². The lowest BCUT2D eigenvalue weighted by Crippen LogP contribution is -1.88. The summed E-state index contributed by atoms with van der Waals surface area (Å²) in [6.07, 6.45) is 2.10. The molecule has 15 heavy (non-hydrogen) atoms. The van der Waals surface area contributed by atoms with Gasteiger partial charge in [-0.2, -0.15) is 0 Å². The Morgan fingerprint density at radius 3 is 2.53 bits per heavy atom. The Kier molecular flexibility index (Phi) is 7.43. The SMILES string of the molecule is C=C(C)CCc1cccc(OC)c1.CC. The highest BCUT2D eigenvalue weighted by molar-refractivity contribution is 5.28. The van der Waals surface area contributed by atoms with Gasteiger partial charge < -0.3 is 4.74 Å². The first-order chi connectivity index (χ1) is 7.22. The van der Waals surface area contributed by atoms with Crippen LogP contribution in [-0.4, -0.2) is 7.11 Å². The van der Waals surface area contributed by atoms with Crippen LogP contribution in [0.2, 0.25) is 0 Å². The van der Waals surface area contributed by atoms with E-state index in [4.69, 9.17) is 4.74 Å². The van der Waals surface area contributed by atoms with Gasteiger partial charge in [0.1, 0.15) is 5.75 Å². The van der Waals surface area contributed by atoms with Crippen molar-refractivity contribution in [3.05, 3.63) is 42.0 Å². The van der Waals surface area contributed by atoms with Crippen LogP contribution in [0.15, 0.2) is 36.4 Å². The molecule has 0 spiro atoms. The standard InChI is InChI=1S/C12H16O.C2H6/c1-10(2)7-8-11-5-4-6-12(9-11)13-3;1-2/h4-6,9H,1,7-8H2,2-3H3;1-2H3. The molecule has 0 saturated heterocycles. The Bertz CT molecular complexity index is 289. The van der Waals surface area contributed by atoms with E-state index in [-0.39, 0.29) is 0 Å². The summed E-state index contributed by atoms with van der Waals surface area (Å²) >= 11 is 0. The fourth-order valence-electron chi connectivity index (χ4n) is 1.19. The molecule has 0 aliphatic rings. The zero-order valence-corrected chi connectivity index (χ0v) is 10.3. The molecule has 0 N–H and O–H groups in total. The first kappa shape index (κ1) is 13.8. The van der Waals surface area contributed by atoms with E-state index < -0.39 is 0 Å². The first-order valence-corrected chi connectivity index (χ1v) is 5.49. The average molecular weight is 206 g/mol. The third kappa shape index (κ3) is 5.95. The predicted molar refractivity (Wildman–Crippen MR) is 67.5 cm³/mol. The Morgan fingerprint density at radius 2 is 2.00 bits per heavy atom. The molecule has 0 heterocycles. The molecule has 1 nitrogen and oxygen atoms in total. The Morgan fingerprint density at radius 1 is 1.33 bits per heavy atom. The molecule has 0 unspecified atom stereocenters. The maximum atomic E-state index is 5.14. The average Bonchev–Trinajstić information content (AvgIpc) is 2.29. The molecular weight excluding hydrogens is 184 g/mol. The van der Waals surface area contributed by atoms with Gasteiger partial charge in [0.05, 0.1) is 7.11 Å². The number of aryl methyl sites for hydroxylation is 1. The molecule has 1 aromatic carbocycles. The zero-order chi connectivity index (χ0) is 11.7. The zero-order valence-electron chi connectivity index (χ0n) is 10.3. The van der Waals surface area contributed by atoms with Crippen LogP contribution >= 0.6 is 0 Å². The highest BCUT2D eigenvalue weighted by atomic mass is 16.5. The summed E-state index contributed by atoms with van der Waals surface area (Å²) in [6, 6.07) is 8.17. The fourth-order valence-corrected chi connectivity index (χ4v) is 1.19. The van der Waals surface area contributed by atoms with Gasteiger partial charge >= 0.3 is 0 Å². The summed E-state index contributed by atoms with van der Waals surface area (Å²) in [7, 11) is 1.69. The smallest absolute Gasteiger partial charge is 0.119 e. The summed E-state index contributed by atoms with van der Waals surface area (Å²) < 4.78 is 5.14. The number of hydrogen-bond donors (Lipinski definition) is 0. The van der Waals surface area contributed by atoms with E-state index in [2.05, 4.69) is 25.6 Å². The van der Waals surface area contributed by atoms with Crippen LogP contribution in [0.3, 0.4) is 0 Å².